The highest BCUT2D eigenvalue weighted by Gasteiger charge is 2.19. The van der Waals surface area contributed by atoms with Gasteiger partial charge in [0.1, 0.15) is 6.33 Å². The molecule has 1 atom stereocenters. The van der Waals surface area contributed by atoms with Crippen LogP contribution in [0.25, 0.3) is 11.4 Å². The van der Waals surface area contributed by atoms with Gasteiger partial charge < -0.3 is 10.2 Å². The Labute approximate surface area is 105 Å². The summed E-state index contributed by atoms with van der Waals surface area (Å²) >= 11 is 0. The number of nitrogens with one attached hydrogen (secondary N) is 2. The molecule has 18 heavy (non-hydrogen) atoms. The minimum absolute atomic E-state index is 0.459. The van der Waals surface area contributed by atoms with Crippen molar-refractivity contribution in [2.45, 2.75) is 13.0 Å². The summed E-state index contributed by atoms with van der Waals surface area (Å²) in [6, 6.07) is 0.459. The van der Waals surface area contributed by atoms with Crippen molar-refractivity contribution in [1.29, 1.82) is 0 Å². The van der Waals surface area contributed by atoms with Crippen molar-refractivity contribution >= 4 is 5.95 Å². The second-order valence-electron chi connectivity index (χ2n) is 4.41. The monoisotopic (exact) mass is 245 g/mol. The molecule has 0 aliphatic carbocycles. The molecule has 94 valence electrons. The molecule has 3 rings (SSSR count). The lowest BCUT2D eigenvalue weighted by Crippen LogP contribution is -2.49. The van der Waals surface area contributed by atoms with Gasteiger partial charge in [-0.2, -0.15) is 4.98 Å². The van der Waals surface area contributed by atoms with Crippen molar-refractivity contribution < 1.29 is 0 Å². The number of piperazine rings is 1. The van der Waals surface area contributed by atoms with Gasteiger partial charge in [-0.1, -0.05) is 0 Å². The average Bonchev–Trinajstić information content (AvgIpc) is 2.89. The Morgan fingerprint density at radius 3 is 2.94 bits per heavy atom. The largest absolute Gasteiger partial charge is 0.337 e. The molecule has 0 amide bonds. The molecular weight excluding hydrogens is 230 g/mol. The predicted octanol–water partition coefficient (Wildman–Crippen LogP) is 0.0598. The number of anilines is 1. The second-order valence-corrected chi connectivity index (χ2v) is 4.41. The van der Waals surface area contributed by atoms with Crippen LogP contribution in [-0.2, 0) is 0 Å². The first kappa shape index (κ1) is 11.1. The second kappa shape index (κ2) is 4.69. The standard InChI is InChI=1S/C11H15N7/c1-8-6-18(3-2-14-8)11-15-10(16-17-11)9-4-12-7-13-5-9/h4-5,7-8,14H,2-3,6H2,1H3,(H,15,16,17)/t8-/m1/s1. The highest BCUT2D eigenvalue weighted by atomic mass is 15.4. The first-order valence-corrected chi connectivity index (χ1v) is 5.99. The minimum atomic E-state index is 0.459. The van der Waals surface area contributed by atoms with E-state index in [0.29, 0.717) is 11.9 Å². The molecule has 0 spiro atoms. The summed E-state index contributed by atoms with van der Waals surface area (Å²) in [6.07, 6.45) is 4.94. The molecule has 7 heteroatoms. The number of hydrogen-bond acceptors (Lipinski definition) is 6. The van der Waals surface area contributed by atoms with Gasteiger partial charge in [0.25, 0.3) is 0 Å². The van der Waals surface area contributed by atoms with E-state index in [4.69, 9.17) is 0 Å². The number of H-pyrrole nitrogens is 1. The van der Waals surface area contributed by atoms with Crippen LogP contribution >= 0.6 is 0 Å². The van der Waals surface area contributed by atoms with Gasteiger partial charge >= 0.3 is 0 Å². The van der Waals surface area contributed by atoms with E-state index in [-0.39, 0.29) is 0 Å². The van der Waals surface area contributed by atoms with Crippen molar-refractivity contribution in [3.05, 3.63) is 18.7 Å². The van der Waals surface area contributed by atoms with E-state index in [1.165, 1.54) is 6.33 Å². The molecule has 0 radical (unpaired) electrons. The Balaban J connectivity index is 1.81. The lowest BCUT2D eigenvalue weighted by molar-refractivity contribution is 0.480. The average molecular weight is 245 g/mol. The lowest BCUT2D eigenvalue weighted by atomic mass is 10.2. The van der Waals surface area contributed by atoms with E-state index in [9.17, 15) is 0 Å². The lowest BCUT2D eigenvalue weighted by Gasteiger charge is -2.30. The summed E-state index contributed by atoms with van der Waals surface area (Å²) < 4.78 is 0. The molecule has 7 nitrogen and oxygen atoms in total. The Morgan fingerprint density at radius 1 is 1.33 bits per heavy atom. The van der Waals surface area contributed by atoms with E-state index in [1.807, 2.05) is 0 Å². The molecule has 3 heterocycles. The summed E-state index contributed by atoms with van der Waals surface area (Å²) in [5.74, 6) is 1.44. The van der Waals surface area contributed by atoms with Crippen LogP contribution in [0.3, 0.4) is 0 Å². The molecule has 1 fully saturated rings. The molecule has 2 N–H and O–H groups in total. The number of aromatic amines is 1. The van der Waals surface area contributed by atoms with Crippen LogP contribution in [0.5, 0.6) is 0 Å². The molecule has 0 aromatic carbocycles. The van der Waals surface area contributed by atoms with Crippen LogP contribution in [-0.4, -0.2) is 50.8 Å². The summed E-state index contributed by atoms with van der Waals surface area (Å²) in [5, 5.41) is 10.6. The van der Waals surface area contributed by atoms with E-state index in [0.717, 1.165) is 31.1 Å². The highest BCUT2D eigenvalue weighted by Crippen LogP contribution is 2.16. The van der Waals surface area contributed by atoms with E-state index >= 15 is 0 Å². The van der Waals surface area contributed by atoms with Gasteiger partial charge in [0.05, 0.1) is 5.56 Å². The fourth-order valence-electron chi connectivity index (χ4n) is 2.06. The van der Waals surface area contributed by atoms with Crippen LogP contribution < -0.4 is 10.2 Å². The third-order valence-corrected chi connectivity index (χ3v) is 2.96. The molecular formula is C11H15N7. The van der Waals surface area contributed by atoms with Crippen LogP contribution in [0.15, 0.2) is 18.7 Å². The molecule has 1 aliphatic heterocycles. The fraction of sp³-hybridized carbons (Fsp3) is 0.455. The topological polar surface area (TPSA) is 82.6 Å². The van der Waals surface area contributed by atoms with Crippen LogP contribution in [0, 0.1) is 0 Å². The Hall–Kier alpha value is -2.02. The SMILES string of the molecule is C[C@@H]1CN(c2n[nH]c(-c3cncnc3)n2)CCN1. The van der Waals surface area contributed by atoms with Gasteiger partial charge in [-0.05, 0) is 6.92 Å². The summed E-state index contributed by atoms with van der Waals surface area (Å²) in [6.45, 7) is 4.96. The zero-order chi connectivity index (χ0) is 12.4. The number of aromatic nitrogens is 5. The molecule has 0 saturated carbocycles. The smallest absolute Gasteiger partial charge is 0.245 e. The Bertz CT molecular complexity index is 509. The van der Waals surface area contributed by atoms with Gasteiger partial charge in [-0.25, -0.2) is 9.97 Å². The van der Waals surface area contributed by atoms with Crippen LogP contribution in [0.4, 0.5) is 5.95 Å². The zero-order valence-corrected chi connectivity index (χ0v) is 10.2. The van der Waals surface area contributed by atoms with Crippen LogP contribution in [0.1, 0.15) is 6.92 Å². The summed E-state index contributed by atoms with van der Waals surface area (Å²) in [4.78, 5) is 14.6. The number of hydrogen-bond donors (Lipinski definition) is 2. The normalized spacial score (nSPS) is 20.1. The van der Waals surface area contributed by atoms with Gasteiger partial charge in [-0.3, -0.25) is 5.10 Å². The highest BCUT2D eigenvalue weighted by molar-refractivity contribution is 5.53. The zero-order valence-electron chi connectivity index (χ0n) is 10.2. The molecule has 0 unspecified atom stereocenters. The third-order valence-electron chi connectivity index (χ3n) is 2.96. The maximum atomic E-state index is 4.49. The van der Waals surface area contributed by atoms with Crippen molar-refractivity contribution in [2.24, 2.45) is 0 Å². The molecule has 1 aliphatic rings. The predicted molar refractivity (Wildman–Crippen MR) is 67.1 cm³/mol. The Morgan fingerprint density at radius 2 is 2.17 bits per heavy atom. The third kappa shape index (κ3) is 2.17. The van der Waals surface area contributed by atoms with Gasteiger partial charge in [0.15, 0.2) is 5.82 Å². The van der Waals surface area contributed by atoms with Gasteiger partial charge in [0, 0.05) is 38.1 Å². The molecule has 2 aromatic rings. The van der Waals surface area contributed by atoms with Crippen molar-refractivity contribution in [3.8, 4) is 11.4 Å². The first-order valence-electron chi connectivity index (χ1n) is 5.99. The fourth-order valence-corrected chi connectivity index (χ4v) is 2.06. The van der Waals surface area contributed by atoms with Crippen molar-refractivity contribution in [2.75, 3.05) is 24.5 Å². The Kier molecular flexibility index (Phi) is 2.89. The van der Waals surface area contributed by atoms with Crippen LogP contribution in [0.2, 0.25) is 0 Å². The molecule has 1 saturated heterocycles. The van der Waals surface area contributed by atoms with Crippen molar-refractivity contribution in [3.63, 3.8) is 0 Å². The molecule has 2 aromatic heterocycles. The van der Waals surface area contributed by atoms with Crippen molar-refractivity contribution in [1.82, 2.24) is 30.5 Å². The van der Waals surface area contributed by atoms with E-state index in [1.54, 1.807) is 12.4 Å². The minimum Gasteiger partial charge on any atom is -0.337 e. The van der Waals surface area contributed by atoms with Gasteiger partial charge in [0.2, 0.25) is 5.95 Å². The number of rotatable bonds is 2. The summed E-state index contributed by atoms with van der Waals surface area (Å²) in [7, 11) is 0. The van der Waals surface area contributed by atoms with E-state index < -0.39 is 0 Å². The van der Waals surface area contributed by atoms with Gasteiger partial charge in [-0.15, -0.1) is 5.10 Å². The maximum absolute atomic E-state index is 4.49. The molecule has 0 bridgehead atoms. The first-order chi connectivity index (χ1) is 8.83. The van der Waals surface area contributed by atoms with E-state index in [2.05, 4.69) is 42.3 Å². The maximum Gasteiger partial charge on any atom is 0.245 e. The number of nitrogens with zero attached hydrogens (tertiary/aromatic N) is 5. The summed E-state index contributed by atoms with van der Waals surface area (Å²) in [5.41, 5.74) is 0.847. The quantitative estimate of drug-likeness (QED) is 0.778.